The maximum absolute atomic E-state index is 12.4. The lowest BCUT2D eigenvalue weighted by Gasteiger charge is -2.13. The van der Waals surface area contributed by atoms with Crippen LogP contribution in [0.2, 0.25) is 0 Å². The van der Waals surface area contributed by atoms with E-state index in [1.165, 1.54) is 16.7 Å². The maximum Gasteiger partial charge on any atom is 0.255 e. The normalized spacial score (nSPS) is 11.0. The minimum absolute atomic E-state index is 0.0563. The van der Waals surface area contributed by atoms with Gasteiger partial charge in [0.15, 0.2) is 0 Å². The van der Waals surface area contributed by atoms with Crippen LogP contribution in [-0.2, 0) is 0 Å². The molecular formula is C20H25NO. The standard InChI is InChI=1S/C20H25NO/c1-13(2)16-7-6-8-17(12-16)20(22)21-18-9-10-19(14(3)4)15(5)11-18/h6-14H,1-5H3,(H,21,22). The van der Waals surface area contributed by atoms with Crippen LogP contribution in [0.15, 0.2) is 42.5 Å². The molecule has 2 nitrogen and oxygen atoms in total. The molecule has 0 spiro atoms. The second kappa shape index (κ2) is 6.78. The van der Waals surface area contributed by atoms with E-state index in [-0.39, 0.29) is 5.91 Å². The van der Waals surface area contributed by atoms with E-state index >= 15 is 0 Å². The highest BCUT2D eigenvalue weighted by atomic mass is 16.1. The molecule has 0 aliphatic rings. The molecule has 1 N–H and O–H groups in total. The van der Waals surface area contributed by atoms with Crippen molar-refractivity contribution in [3.05, 3.63) is 64.7 Å². The average Bonchev–Trinajstić information content (AvgIpc) is 2.47. The number of amides is 1. The molecule has 0 saturated heterocycles. The Bertz CT molecular complexity index is 671. The number of nitrogens with one attached hydrogen (secondary N) is 1. The topological polar surface area (TPSA) is 29.1 Å². The van der Waals surface area contributed by atoms with E-state index in [1.807, 2.05) is 30.3 Å². The molecule has 0 aromatic heterocycles. The van der Waals surface area contributed by atoms with Crippen LogP contribution in [0.25, 0.3) is 0 Å². The smallest absolute Gasteiger partial charge is 0.255 e. The Labute approximate surface area is 133 Å². The lowest BCUT2D eigenvalue weighted by Crippen LogP contribution is -2.12. The molecule has 2 aromatic rings. The number of carbonyl (C=O) groups excluding carboxylic acids is 1. The van der Waals surface area contributed by atoms with Gasteiger partial charge in [-0.15, -0.1) is 0 Å². The van der Waals surface area contributed by atoms with Crippen molar-refractivity contribution in [2.45, 2.75) is 46.5 Å². The van der Waals surface area contributed by atoms with E-state index in [9.17, 15) is 4.79 Å². The van der Waals surface area contributed by atoms with Crippen LogP contribution >= 0.6 is 0 Å². The number of anilines is 1. The molecule has 0 atom stereocenters. The largest absolute Gasteiger partial charge is 0.322 e. The lowest BCUT2D eigenvalue weighted by atomic mass is 9.97. The highest BCUT2D eigenvalue weighted by Gasteiger charge is 2.10. The van der Waals surface area contributed by atoms with Crippen molar-refractivity contribution in [2.24, 2.45) is 0 Å². The number of carbonyl (C=O) groups is 1. The molecule has 2 rings (SSSR count). The molecule has 0 radical (unpaired) electrons. The highest BCUT2D eigenvalue weighted by molar-refractivity contribution is 6.04. The summed E-state index contributed by atoms with van der Waals surface area (Å²) in [5, 5.41) is 2.99. The first-order chi connectivity index (χ1) is 10.4. The summed E-state index contributed by atoms with van der Waals surface area (Å²) >= 11 is 0. The molecule has 0 saturated carbocycles. The molecule has 2 heteroatoms. The average molecular weight is 295 g/mol. The maximum atomic E-state index is 12.4. The van der Waals surface area contributed by atoms with Crippen molar-refractivity contribution in [3.8, 4) is 0 Å². The van der Waals surface area contributed by atoms with E-state index in [4.69, 9.17) is 0 Å². The Kier molecular flexibility index (Phi) is 5.02. The van der Waals surface area contributed by atoms with E-state index < -0.39 is 0 Å². The predicted octanol–water partition coefficient (Wildman–Crippen LogP) is 5.49. The van der Waals surface area contributed by atoms with Gasteiger partial charge in [-0.3, -0.25) is 4.79 Å². The van der Waals surface area contributed by atoms with Gasteiger partial charge >= 0.3 is 0 Å². The van der Waals surface area contributed by atoms with Crippen molar-refractivity contribution in [1.29, 1.82) is 0 Å². The van der Waals surface area contributed by atoms with E-state index in [0.29, 0.717) is 17.4 Å². The van der Waals surface area contributed by atoms with Gasteiger partial charge in [0, 0.05) is 11.3 Å². The van der Waals surface area contributed by atoms with Crippen LogP contribution in [-0.4, -0.2) is 5.91 Å². The van der Waals surface area contributed by atoms with Gasteiger partial charge in [0.2, 0.25) is 0 Å². The summed E-state index contributed by atoms with van der Waals surface area (Å²) in [5.41, 5.74) is 5.26. The van der Waals surface area contributed by atoms with Gasteiger partial charge in [-0.25, -0.2) is 0 Å². The van der Waals surface area contributed by atoms with Gasteiger partial charge in [0.05, 0.1) is 0 Å². The fraction of sp³-hybridized carbons (Fsp3) is 0.350. The summed E-state index contributed by atoms with van der Waals surface area (Å²) < 4.78 is 0. The molecule has 22 heavy (non-hydrogen) atoms. The van der Waals surface area contributed by atoms with Crippen molar-refractivity contribution in [1.82, 2.24) is 0 Å². The van der Waals surface area contributed by atoms with Gasteiger partial charge < -0.3 is 5.32 Å². The Hall–Kier alpha value is -2.09. The summed E-state index contributed by atoms with van der Waals surface area (Å²) in [5.74, 6) is 0.854. The first-order valence-electron chi connectivity index (χ1n) is 7.90. The van der Waals surface area contributed by atoms with E-state index in [2.05, 4.69) is 52.1 Å². The summed E-state index contributed by atoms with van der Waals surface area (Å²) in [4.78, 5) is 12.4. The highest BCUT2D eigenvalue weighted by Crippen LogP contribution is 2.23. The third-order valence-electron chi connectivity index (χ3n) is 3.97. The zero-order valence-electron chi connectivity index (χ0n) is 14.1. The third kappa shape index (κ3) is 3.76. The van der Waals surface area contributed by atoms with Crippen molar-refractivity contribution < 1.29 is 4.79 Å². The fourth-order valence-corrected chi connectivity index (χ4v) is 2.64. The van der Waals surface area contributed by atoms with E-state index in [1.54, 1.807) is 0 Å². The Balaban J connectivity index is 2.18. The first kappa shape index (κ1) is 16.3. The van der Waals surface area contributed by atoms with Crippen LogP contribution in [0.5, 0.6) is 0 Å². The number of aryl methyl sites for hydroxylation is 1. The van der Waals surface area contributed by atoms with Gasteiger partial charge in [-0.2, -0.15) is 0 Å². The van der Waals surface area contributed by atoms with Gasteiger partial charge in [-0.05, 0) is 59.7 Å². The van der Waals surface area contributed by atoms with Gasteiger partial charge in [0.1, 0.15) is 0 Å². The van der Waals surface area contributed by atoms with Crippen molar-refractivity contribution >= 4 is 11.6 Å². The Morgan fingerprint density at radius 3 is 2.27 bits per heavy atom. The van der Waals surface area contributed by atoms with Crippen LogP contribution in [0.4, 0.5) is 5.69 Å². The van der Waals surface area contributed by atoms with Gasteiger partial charge in [0.25, 0.3) is 5.91 Å². The zero-order valence-corrected chi connectivity index (χ0v) is 14.1. The third-order valence-corrected chi connectivity index (χ3v) is 3.97. The molecule has 0 aliphatic heterocycles. The first-order valence-corrected chi connectivity index (χ1v) is 7.90. The minimum Gasteiger partial charge on any atom is -0.322 e. The molecular weight excluding hydrogens is 270 g/mol. The molecule has 116 valence electrons. The summed E-state index contributed by atoms with van der Waals surface area (Å²) in [6, 6.07) is 13.9. The number of benzene rings is 2. The summed E-state index contributed by atoms with van der Waals surface area (Å²) in [6.07, 6.45) is 0. The van der Waals surface area contributed by atoms with Crippen molar-refractivity contribution in [3.63, 3.8) is 0 Å². The second-order valence-electron chi connectivity index (χ2n) is 6.46. The number of rotatable bonds is 4. The zero-order chi connectivity index (χ0) is 16.3. The van der Waals surface area contributed by atoms with Crippen LogP contribution in [0, 0.1) is 6.92 Å². The van der Waals surface area contributed by atoms with E-state index in [0.717, 1.165) is 5.69 Å². The quantitative estimate of drug-likeness (QED) is 0.793. The summed E-state index contributed by atoms with van der Waals surface area (Å²) in [6.45, 7) is 10.7. The fourth-order valence-electron chi connectivity index (χ4n) is 2.64. The monoisotopic (exact) mass is 295 g/mol. The predicted molar refractivity (Wildman–Crippen MR) is 93.8 cm³/mol. The Morgan fingerprint density at radius 2 is 1.68 bits per heavy atom. The number of hydrogen-bond donors (Lipinski definition) is 1. The SMILES string of the molecule is Cc1cc(NC(=O)c2cccc(C(C)C)c2)ccc1C(C)C. The molecule has 1 amide bonds. The molecule has 0 unspecified atom stereocenters. The summed E-state index contributed by atoms with van der Waals surface area (Å²) in [7, 11) is 0. The van der Waals surface area contributed by atoms with Crippen LogP contribution in [0.3, 0.4) is 0 Å². The molecule has 0 bridgehead atoms. The van der Waals surface area contributed by atoms with Crippen LogP contribution < -0.4 is 5.32 Å². The molecule has 2 aromatic carbocycles. The second-order valence-corrected chi connectivity index (χ2v) is 6.46. The number of hydrogen-bond acceptors (Lipinski definition) is 1. The lowest BCUT2D eigenvalue weighted by molar-refractivity contribution is 0.102. The van der Waals surface area contributed by atoms with Crippen molar-refractivity contribution in [2.75, 3.05) is 5.32 Å². The van der Waals surface area contributed by atoms with Crippen LogP contribution in [0.1, 0.15) is 66.6 Å². The minimum atomic E-state index is -0.0563. The molecule has 0 fully saturated rings. The molecule has 0 aliphatic carbocycles. The Morgan fingerprint density at radius 1 is 0.955 bits per heavy atom. The molecule has 0 heterocycles. The van der Waals surface area contributed by atoms with Gasteiger partial charge in [-0.1, -0.05) is 45.9 Å².